The lowest BCUT2D eigenvalue weighted by molar-refractivity contribution is -0.385. The predicted octanol–water partition coefficient (Wildman–Crippen LogP) is 4.59. The lowest BCUT2D eigenvalue weighted by atomic mass is 10.2. The van der Waals surface area contributed by atoms with Crippen LogP contribution in [0.1, 0.15) is 5.56 Å². The average molecular weight is 419 g/mol. The first kappa shape index (κ1) is 19.7. The zero-order valence-corrected chi connectivity index (χ0v) is 16.8. The monoisotopic (exact) mass is 419 g/mol. The number of methoxy groups -OCH3 is 1. The summed E-state index contributed by atoms with van der Waals surface area (Å²) >= 11 is 1.35. The third kappa shape index (κ3) is 3.77. The molecule has 30 heavy (non-hydrogen) atoms. The molecule has 0 fully saturated rings. The summed E-state index contributed by atoms with van der Waals surface area (Å²) in [6.07, 6.45) is 0. The van der Waals surface area contributed by atoms with Crippen molar-refractivity contribution >= 4 is 28.4 Å². The minimum atomic E-state index is -0.471. The first-order valence-corrected chi connectivity index (χ1v) is 10.1. The molecule has 1 aromatic heterocycles. The molecule has 4 aromatic rings. The number of nitrogens with zero attached hydrogens (tertiary/aromatic N) is 3. The molecule has 0 N–H and O–H groups in total. The van der Waals surface area contributed by atoms with Crippen LogP contribution >= 0.6 is 11.8 Å². The summed E-state index contributed by atoms with van der Waals surface area (Å²) in [5.41, 5.74) is 1.80. The first-order chi connectivity index (χ1) is 14.6. The molecule has 8 heteroatoms. The zero-order valence-electron chi connectivity index (χ0n) is 16.0. The Morgan fingerprint density at radius 2 is 1.80 bits per heavy atom. The van der Waals surface area contributed by atoms with Gasteiger partial charge in [0.1, 0.15) is 0 Å². The number of nitro benzene ring substituents is 1. The summed E-state index contributed by atoms with van der Waals surface area (Å²) < 4.78 is 6.63. The number of benzene rings is 3. The molecule has 0 unspecified atom stereocenters. The molecule has 0 saturated heterocycles. The van der Waals surface area contributed by atoms with Crippen LogP contribution in [0.5, 0.6) is 5.75 Å². The first-order valence-electron chi connectivity index (χ1n) is 9.10. The van der Waals surface area contributed by atoms with Crippen LogP contribution in [-0.2, 0) is 5.75 Å². The second kappa shape index (κ2) is 8.38. The minimum Gasteiger partial charge on any atom is -0.490 e. The molecule has 0 radical (unpaired) electrons. The Morgan fingerprint density at radius 1 is 1.07 bits per heavy atom. The van der Waals surface area contributed by atoms with Gasteiger partial charge in [0.2, 0.25) is 0 Å². The summed E-state index contributed by atoms with van der Waals surface area (Å²) in [5.74, 6) is 0.612. The van der Waals surface area contributed by atoms with E-state index in [1.807, 2.05) is 42.5 Å². The highest BCUT2D eigenvalue weighted by Gasteiger charge is 2.17. The molecule has 150 valence electrons. The van der Waals surface area contributed by atoms with Gasteiger partial charge in [0, 0.05) is 11.8 Å². The fourth-order valence-corrected chi connectivity index (χ4v) is 4.09. The van der Waals surface area contributed by atoms with Crippen molar-refractivity contribution in [3.8, 4) is 11.4 Å². The Bertz CT molecular complexity index is 1290. The molecule has 7 nitrogen and oxygen atoms in total. The number of para-hydroxylation sites is 2. The maximum atomic E-state index is 13.2. The zero-order chi connectivity index (χ0) is 21.1. The van der Waals surface area contributed by atoms with E-state index in [1.165, 1.54) is 24.9 Å². The number of aromatic nitrogens is 2. The van der Waals surface area contributed by atoms with Crippen LogP contribution in [0, 0.1) is 10.1 Å². The van der Waals surface area contributed by atoms with Crippen molar-refractivity contribution in [3.63, 3.8) is 0 Å². The largest absolute Gasteiger partial charge is 0.490 e. The van der Waals surface area contributed by atoms with E-state index < -0.39 is 4.92 Å². The molecular formula is C22H17N3O4S. The molecule has 0 atom stereocenters. The Hall–Kier alpha value is -3.65. The highest BCUT2D eigenvalue weighted by molar-refractivity contribution is 7.98. The maximum Gasteiger partial charge on any atom is 0.311 e. The molecule has 4 rings (SSSR count). The van der Waals surface area contributed by atoms with Crippen molar-refractivity contribution < 1.29 is 9.66 Å². The van der Waals surface area contributed by atoms with Gasteiger partial charge in [0.15, 0.2) is 10.9 Å². The Balaban J connectivity index is 1.77. The number of hydrogen-bond donors (Lipinski definition) is 0. The van der Waals surface area contributed by atoms with Crippen LogP contribution < -0.4 is 10.3 Å². The van der Waals surface area contributed by atoms with E-state index in [1.54, 1.807) is 28.8 Å². The van der Waals surface area contributed by atoms with Gasteiger partial charge in [-0.05, 0) is 35.9 Å². The van der Waals surface area contributed by atoms with Gasteiger partial charge in [0.25, 0.3) is 5.56 Å². The van der Waals surface area contributed by atoms with Gasteiger partial charge >= 0.3 is 5.69 Å². The number of hydrogen-bond acceptors (Lipinski definition) is 6. The number of thioether (sulfide) groups is 1. The Kier molecular flexibility index (Phi) is 5.49. The number of nitro groups is 1. The normalized spacial score (nSPS) is 10.8. The molecule has 0 aliphatic carbocycles. The van der Waals surface area contributed by atoms with E-state index >= 15 is 0 Å². The summed E-state index contributed by atoms with van der Waals surface area (Å²) in [7, 11) is 1.40. The van der Waals surface area contributed by atoms with Gasteiger partial charge in [-0.3, -0.25) is 19.5 Å². The fourth-order valence-electron chi connectivity index (χ4n) is 3.13. The summed E-state index contributed by atoms with van der Waals surface area (Å²) in [6, 6.07) is 21.3. The third-order valence-electron chi connectivity index (χ3n) is 4.57. The van der Waals surface area contributed by atoms with Crippen molar-refractivity contribution in [3.05, 3.63) is 98.8 Å². The van der Waals surface area contributed by atoms with Crippen LogP contribution in [0.25, 0.3) is 16.6 Å². The van der Waals surface area contributed by atoms with E-state index in [0.29, 0.717) is 27.5 Å². The van der Waals surface area contributed by atoms with Crippen LogP contribution in [-0.4, -0.2) is 21.6 Å². The fraction of sp³-hybridized carbons (Fsp3) is 0.0909. The smallest absolute Gasteiger partial charge is 0.311 e. The SMILES string of the molecule is COc1ccc(CSc2nc3ccccc3c(=O)n2-c2ccccc2)cc1[N+](=O)[O-]. The van der Waals surface area contributed by atoms with E-state index in [9.17, 15) is 14.9 Å². The van der Waals surface area contributed by atoms with Crippen LogP contribution in [0.4, 0.5) is 5.69 Å². The average Bonchev–Trinajstić information content (AvgIpc) is 2.78. The number of rotatable bonds is 6. The molecule has 0 aliphatic rings. The van der Waals surface area contributed by atoms with Crippen LogP contribution in [0.3, 0.4) is 0 Å². The van der Waals surface area contributed by atoms with E-state index in [0.717, 1.165) is 5.56 Å². The highest BCUT2D eigenvalue weighted by atomic mass is 32.2. The van der Waals surface area contributed by atoms with Crippen molar-refractivity contribution in [2.75, 3.05) is 7.11 Å². The Labute approximate surface area is 176 Å². The summed E-state index contributed by atoms with van der Waals surface area (Å²) in [6.45, 7) is 0. The summed E-state index contributed by atoms with van der Waals surface area (Å²) in [4.78, 5) is 28.7. The second-order valence-corrected chi connectivity index (χ2v) is 7.38. The van der Waals surface area contributed by atoms with E-state index in [4.69, 9.17) is 4.74 Å². The van der Waals surface area contributed by atoms with Crippen LogP contribution in [0.2, 0.25) is 0 Å². The van der Waals surface area contributed by atoms with E-state index in [-0.39, 0.29) is 17.0 Å². The standard InChI is InChI=1S/C22H17N3O4S/c1-29-20-12-11-15(13-19(20)25(27)28)14-30-22-23-18-10-6-5-9-17(18)21(26)24(22)16-7-3-2-4-8-16/h2-13H,14H2,1H3. The summed E-state index contributed by atoms with van der Waals surface area (Å²) in [5, 5.41) is 12.3. The molecule has 1 heterocycles. The highest BCUT2D eigenvalue weighted by Crippen LogP contribution is 2.31. The number of ether oxygens (including phenoxy) is 1. The van der Waals surface area contributed by atoms with Gasteiger partial charge < -0.3 is 4.74 Å². The lowest BCUT2D eigenvalue weighted by Gasteiger charge is -2.13. The molecular weight excluding hydrogens is 402 g/mol. The molecule has 0 bridgehead atoms. The van der Waals surface area contributed by atoms with Crippen molar-refractivity contribution in [2.45, 2.75) is 10.9 Å². The van der Waals surface area contributed by atoms with E-state index in [2.05, 4.69) is 4.98 Å². The molecule has 0 spiro atoms. The molecule has 3 aromatic carbocycles. The topological polar surface area (TPSA) is 87.3 Å². The minimum absolute atomic E-state index is 0.0949. The van der Waals surface area contributed by atoms with Crippen molar-refractivity contribution in [1.82, 2.24) is 9.55 Å². The van der Waals surface area contributed by atoms with Crippen molar-refractivity contribution in [1.29, 1.82) is 0 Å². The molecule has 0 amide bonds. The Morgan fingerprint density at radius 3 is 2.53 bits per heavy atom. The predicted molar refractivity (Wildman–Crippen MR) is 117 cm³/mol. The quantitative estimate of drug-likeness (QED) is 0.197. The van der Waals surface area contributed by atoms with Gasteiger partial charge in [-0.2, -0.15) is 0 Å². The third-order valence-corrected chi connectivity index (χ3v) is 5.58. The molecule has 0 saturated carbocycles. The van der Waals surface area contributed by atoms with Gasteiger partial charge in [0.05, 0.1) is 28.6 Å². The maximum absolute atomic E-state index is 13.2. The lowest BCUT2D eigenvalue weighted by Crippen LogP contribution is -2.21. The molecule has 0 aliphatic heterocycles. The van der Waals surface area contributed by atoms with Crippen LogP contribution in [0.15, 0.2) is 82.7 Å². The van der Waals surface area contributed by atoms with Gasteiger partial charge in [-0.1, -0.05) is 48.2 Å². The van der Waals surface area contributed by atoms with Crippen molar-refractivity contribution in [2.24, 2.45) is 0 Å². The van der Waals surface area contributed by atoms with Gasteiger partial charge in [-0.15, -0.1) is 0 Å². The number of fused-ring (bicyclic) bond motifs is 1. The van der Waals surface area contributed by atoms with Gasteiger partial charge in [-0.25, -0.2) is 4.98 Å². The second-order valence-electron chi connectivity index (χ2n) is 6.44.